The van der Waals surface area contributed by atoms with E-state index in [1.807, 2.05) is 0 Å². The molecule has 4 N–H and O–H groups in total. The summed E-state index contributed by atoms with van der Waals surface area (Å²) < 4.78 is 0. The fourth-order valence-corrected chi connectivity index (χ4v) is 6.72. The Morgan fingerprint density at radius 2 is 1.03 bits per heavy atom. The van der Waals surface area contributed by atoms with Gasteiger partial charge < -0.3 is 16.4 Å². The summed E-state index contributed by atoms with van der Waals surface area (Å²) in [4.78, 5) is 1.15. The maximum Gasteiger partial charge on any atom is 0.102 e. The minimum absolute atomic E-state index is 0.726. The smallest absolute Gasteiger partial charge is 0.102 e. The molecular formula is C33H29N3S. The van der Waals surface area contributed by atoms with Gasteiger partial charge in [-0.2, -0.15) is 0 Å². The van der Waals surface area contributed by atoms with Gasteiger partial charge in [-0.05, 0) is 94.8 Å². The van der Waals surface area contributed by atoms with E-state index in [2.05, 4.69) is 113 Å². The highest BCUT2D eigenvalue weighted by atomic mass is 32.1. The van der Waals surface area contributed by atoms with Crippen LogP contribution in [0.15, 0.2) is 102 Å². The molecule has 5 aromatic rings. The summed E-state index contributed by atoms with van der Waals surface area (Å²) in [6.45, 7) is 0. The highest BCUT2D eigenvalue weighted by molar-refractivity contribution is 7.10. The molecule has 2 aliphatic rings. The van der Waals surface area contributed by atoms with Gasteiger partial charge in [-0.25, -0.2) is 0 Å². The van der Waals surface area contributed by atoms with Crippen LogP contribution in [0.3, 0.4) is 0 Å². The van der Waals surface area contributed by atoms with E-state index < -0.39 is 5.54 Å². The summed E-state index contributed by atoms with van der Waals surface area (Å²) in [5, 5.41) is 9.46. The van der Waals surface area contributed by atoms with Gasteiger partial charge in [0.25, 0.3) is 0 Å². The third-order valence-electron chi connectivity index (χ3n) is 7.93. The maximum atomic E-state index is 7.49. The molecule has 7 rings (SSSR count). The maximum absolute atomic E-state index is 7.49. The molecule has 3 heterocycles. The largest absolute Gasteiger partial charge is 0.355 e. The number of benzene rings is 4. The zero-order valence-corrected chi connectivity index (χ0v) is 21.4. The van der Waals surface area contributed by atoms with Crippen molar-refractivity contribution in [3.8, 4) is 0 Å². The minimum Gasteiger partial charge on any atom is -0.355 e. The standard InChI is InChI=1S/C33H29N3S/c34-33(32-10-5-19-37-32,26-15-17-30-24(20-26)13-11-22-6-1-3-8-28(22)35-30)27-16-18-31-25(21-27)14-12-23-7-2-4-9-29(23)36-31/h1-10,15-21,35-36H,11-14,34H2. The molecule has 0 amide bonds. The fraction of sp³-hybridized carbons (Fsp3) is 0.152. The second-order valence-electron chi connectivity index (χ2n) is 10.1. The number of nitrogens with one attached hydrogen (secondary N) is 2. The molecule has 0 radical (unpaired) electrons. The van der Waals surface area contributed by atoms with Gasteiger partial charge in [-0.3, -0.25) is 0 Å². The molecule has 182 valence electrons. The van der Waals surface area contributed by atoms with Gasteiger partial charge in [-0.1, -0.05) is 66.7 Å². The van der Waals surface area contributed by atoms with E-state index in [4.69, 9.17) is 5.73 Å². The molecule has 0 fully saturated rings. The van der Waals surface area contributed by atoms with Crippen molar-refractivity contribution < 1.29 is 0 Å². The van der Waals surface area contributed by atoms with Crippen LogP contribution in [0.4, 0.5) is 22.7 Å². The number of anilines is 4. The van der Waals surface area contributed by atoms with Crippen molar-refractivity contribution in [1.82, 2.24) is 0 Å². The van der Waals surface area contributed by atoms with E-state index in [0.717, 1.165) is 41.7 Å². The van der Waals surface area contributed by atoms with E-state index in [9.17, 15) is 0 Å². The number of hydrogen-bond acceptors (Lipinski definition) is 4. The van der Waals surface area contributed by atoms with Crippen LogP contribution in [0, 0.1) is 0 Å². The Balaban J connectivity index is 1.31. The topological polar surface area (TPSA) is 50.1 Å². The predicted molar refractivity (Wildman–Crippen MR) is 156 cm³/mol. The van der Waals surface area contributed by atoms with E-state index in [1.165, 1.54) is 45.0 Å². The molecule has 0 bridgehead atoms. The molecule has 4 heteroatoms. The minimum atomic E-state index is -0.726. The van der Waals surface area contributed by atoms with Crippen LogP contribution in [-0.4, -0.2) is 0 Å². The summed E-state index contributed by atoms with van der Waals surface area (Å²) in [6, 6.07) is 35.0. The number of nitrogens with two attached hydrogens (primary N) is 1. The number of fused-ring (bicyclic) bond motifs is 4. The lowest BCUT2D eigenvalue weighted by Gasteiger charge is -2.31. The SMILES string of the molecule is NC(c1ccc2c(c1)CCc1ccccc1N2)(c1ccc2c(c1)CCc1ccccc1N2)c1cccs1. The first kappa shape index (κ1) is 22.3. The van der Waals surface area contributed by atoms with Crippen LogP contribution in [0.2, 0.25) is 0 Å². The quantitative estimate of drug-likeness (QED) is 0.239. The number of para-hydroxylation sites is 2. The van der Waals surface area contributed by atoms with Crippen LogP contribution in [0.25, 0.3) is 0 Å². The third-order valence-corrected chi connectivity index (χ3v) is 8.94. The highest BCUT2D eigenvalue weighted by Crippen LogP contribution is 2.41. The second kappa shape index (κ2) is 8.91. The molecule has 0 saturated heterocycles. The molecule has 0 saturated carbocycles. The van der Waals surface area contributed by atoms with E-state index >= 15 is 0 Å². The van der Waals surface area contributed by atoms with E-state index in [0.29, 0.717) is 0 Å². The Morgan fingerprint density at radius 3 is 1.54 bits per heavy atom. The summed E-state index contributed by atoms with van der Waals surface area (Å²) in [5.74, 6) is 0. The Hall–Kier alpha value is -3.86. The van der Waals surface area contributed by atoms with Crippen molar-refractivity contribution in [2.24, 2.45) is 5.73 Å². The number of aryl methyl sites for hydroxylation is 4. The molecule has 2 aliphatic heterocycles. The normalized spacial score (nSPS) is 14.1. The monoisotopic (exact) mass is 499 g/mol. The van der Waals surface area contributed by atoms with Crippen LogP contribution in [0.1, 0.15) is 38.3 Å². The van der Waals surface area contributed by atoms with Crippen molar-refractivity contribution in [1.29, 1.82) is 0 Å². The number of hydrogen-bond donors (Lipinski definition) is 3. The lowest BCUT2D eigenvalue weighted by molar-refractivity contribution is 0.665. The van der Waals surface area contributed by atoms with Gasteiger partial charge in [0.05, 0.1) is 0 Å². The van der Waals surface area contributed by atoms with Crippen molar-refractivity contribution >= 4 is 34.1 Å². The lowest BCUT2D eigenvalue weighted by Crippen LogP contribution is -2.38. The first-order valence-electron chi connectivity index (χ1n) is 13.0. The van der Waals surface area contributed by atoms with Gasteiger partial charge in [0.1, 0.15) is 5.54 Å². The average molecular weight is 500 g/mol. The molecule has 0 spiro atoms. The summed E-state index contributed by atoms with van der Waals surface area (Å²) in [6.07, 6.45) is 4.00. The molecule has 0 aliphatic carbocycles. The summed E-state index contributed by atoms with van der Waals surface area (Å²) in [5.41, 5.74) is 19.1. The molecule has 37 heavy (non-hydrogen) atoms. The molecule has 4 aromatic carbocycles. The second-order valence-corrected chi connectivity index (χ2v) is 11.0. The van der Waals surface area contributed by atoms with Crippen molar-refractivity contribution in [2.75, 3.05) is 10.6 Å². The lowest BCUT2D eigenvalue weighted by atomic mass is 9.80. The third kappa shape index (κ3) is 3.85. The van der Waals surface area contributed by atoms with Gasteiger partial charge in [0, 0.05) is 27.6 Å². The molecule has 0 unspecified atom stereocenters. The molecule has 1 aromatic heterocycles. The van der Waals surface area contributed by atoms with Crippen molar-refractivity contribution in [3.05, 3.63) is 141 Å². The predicted octanol–water partition coefficient (Wildman–Crippen LogP) is 7.68. The first-order valence-corrected chi connectivity index (χ1v) is 13.9. The fourth-order valence-electron chi connectivity index (χ4n) is 5.84. The van der Waals surface area contributed by atoms with Gasteiger partial charge in [-0.15, -0.1) is 11.3 Å². The Labute approximate surface area is 222 Å². The molecule has 0 atom stereocenters. The average Bonchev–Trinajstić information content (AvgIpc) is 3.33. The highest BCUT2D eigenvalue weighted by Gasteiger charge is 2.34. The van der Waals surface area contributed by atoms with Crippen LogP contribution < -0.4 is 16.4 Å². The Morgan fingerprint density at radius 1 is 0.541 bits per heavy atom. The van der Waals surface area contributed by atoms with Crippen molar-refractivity contribution in [3.63, 3.8) is 0 Å². The number of rotatable bonds is 3. The molecule has 3 nitrogen and oxygen atoms in total. The van der Waals surface area contributed by atoms with Gasteiger partial charge in [0.2, 0.25) is 0 Å². The Kier molecular flexibility index (Phi) is 5.38. The first-order chi connectivity index (χ1) is 18.2. The zero-order chi connectivity index (χ0) is 24.8. The van der Waals surface area contributed by atoms with E-state index in [-0.39, 0.29) is 0 Å². The van der Waals surface area contributed by atoms with E-state index in [1.54, 1.807) is 11.3 Å². The Bertz CT molecular complexity index is 1500. The summed E-state index contributed by atoms with van der Waals surface area (Å²) in [7, 11) is 0. The zero-order valence-electron chi connectivity index (χ0n) is 20.6. The van der Waals surface area contributed by atoms with Crippen LogP contribution in [0.5, 0.6) is 0 Å². The van der Waals surface area contributed by atoms with Crippen LogP contribution >= 0.6 is 11.3 Å². The van der Waals surface area contributed by atoms with Crippen molar-refractivity contribution in [2.45, 2.75) is 31.2 Å². The van der Waals surface area contributed by atoms with Crippen LogP contribution in [-0.2, 0) is 31.2 Å². The van der Waals surface area contributed by atoms with Gasteiger partial charge in [0.15, 0.2) is 0 Å². The number of thiophene rings is 1. The van der Waals surface area contributed by atoms with Gasteiger partial charge >= 0.3 is 0 Å². The summed E-state index contributed by atoms with van der Waals surface area (Å²) >= 11 is 1.73. The molecular weight excluding hydrogens is 470 g/mol.